The van der Waals surface area contributed by atoms with Gasteiger partial charge in [0.15, 0.2) is 0 Å². The first-order chi connectivity index (χ1) is 11.8. The first-order valence-corrected chi connectivity index (χ1v) is 8.87. The number of rotatable bonds is 3. The molecule has 2 nitrogen and oxygen atoms in total. The smallest absolute Gasteiger partial charge is 0.0759 e. The fourth-order valence-corrected chi connectivity index (χ4v) is 3.78. The predicted molar refractivity (Wildman–Crippen MR) is 99.2 cm³/mol. The number of aromatic nitrogens is 1. The van der Waals surface area contributed by atoms with E-state index >= 15 is 0 Å². The van der Waals surface area contributed by atoms with Crippen molar-refractivity contribution in [3.8, 4) is 0 Å². The Morgan fingerprint density at radius 2 is 1.67 bits per heavy atom. The van der Waals surface area contributed by atoms with E-state index in [1.54, 1.807) is 0 Å². The molecule has 0 saturated carbocycles. The number of benzene rings is 2. The summed E-state index contributed by atoms with van der Waals surface area (Å²) in [6, 6.07) is 23.7. The summed E-state index contributed by atoms with van der Waals surface area (Å²) >= 11 is 6.11. The van der Waals surface area contributed by atoms with Gasteiger partial charge in [-0.25, -0.2) is 0 Å². The molecule has 0 fully saturated rings. The second kappa shape index (κ2) is 6.84. The Hall–Kier alpha value is -2.03. The Bertz CT molecular complexity index is 792. The van der Waals surface area contributed by atoms with Crippen molar-refractivity contribution in [2.24, 2.45) is 0 Å². The molecule has 3 aromatic rings. The first-order valence-electron chi connectivity index (χ1n) is 8.50. The molecule has 0 bridgehead atoms. The summed E-state index contributed by atoms with van der Waals surface area (Å²) in [5, 5.41) is 0.789. The van der Waals surface area contributed by atoms with E-state index in [9.17, 15) is 0 Å². The van der Waals surface area contributed by atoms with Crippen molar-refractivity contribution in [2.75, 3.05) is 6.54 Å². The van der Waals surface area contributed by atoms with Gasteiger partial charge in [-0.3, -0.25) is 4.90 Å². The van der Waals surface area contributed by atoms with Crippen molar-refractivity contribution in [3.05, 3.63) is 94.8 Å². The lowest BCUT2D eigenvalue weighted by atomic mass is 10.0. The molecule has 4 rings (SSSR count). The Labute approximate surface area is 148 Å². The molecule has 0 aliphatic carbocycles. The lowest BCUT2D eigenvalue weighted by Crippen LogP contribution is -2.29. The minimum Gasteiger partial charge on any atom is -0.350 e. The van der Waals surface area contributed by atoms with Gasteiger partial charge in [-0.05, 0) is 41.8 Å². The van der Waals surface area contributed by atoms with E-state index in [-0.39, 0.29) is 6.04 Å². The third kappa shape index (κ3) is 3.12. The van der Waals surface area contributed by atoms with Gasteiger partial charge in [0.05, 0.1) is 6.04 Å². The number of aryl methyl sites for hydroxylation is 1. The maximum Gasteiger partial charge on any atom is 0.0759 e. The Morgan fingerprint density at radius 1 is 0.875 bits per heavy atom. The van der Waals surface area contributed by atoms with Gasteiger partial charge in [0, 0.05) is 36.5 Å². The molecule has 122 valence electrons. The molecule has 24 heavy (non-hydrogen) atoms. The summed E-state index contributed by atoms with van der Waals surface area (Å²) in [6.45, 7) is 3.13. The summed E-state index contributed by atoms with van der Waals surface area (Å²) in [5.74, 6) is 0. The standard InChI is InChI=1S/C21H21ClN2/c22-19-11-9-18(10-12-19)21-20-8-4-13-23(20)14-5-15-24(21)16-17-6-2-1-3-7-17/h1-4,6-13,21H,5,14-16H2/t21-/m1/s1. The van der Waals surface area contributed by atoms with Crippen LogP contribution in [0.2, 0.25) is 5.02 Å². The van der Waals surface area contributed by atoms with Crippen LogP contribution in [0, 0.1) is 0 Å². The van der Waals surface area contributed by atoms with Crippen molar-refractivity contribution in [1.29, 1.82) is 0 Å². The summed E-state index contributed by atoms with van der Waals surface area (Å²) < 4.78 is 2.39. The van der Waals surface area contributed by atoms with Gasteiger partial charge in [0.25, 0.3) is 0 Å². The largest absolute Gasteiger partial charge is 0.350 e. The van der Waals surface area contributed by atoms with Crippen LogP contribution in [0.1, 0.15) is 29.3 Å². The van der Waals surface area contributed by atoms with Crippen LogP contribution in [0.15, 0.2) is 72.9 Å². The van der Waals surface area contributed by atoms with E-state index in [1.165, 1.54) is 23.2 Å². The SMILES string of the molecule is Clc1ccc([C@@H]2c3cccn3CCCN2Cc2ccccc2)cc1. The average Bonchev–Trinajstić information content (AvgIpc) is 2.99. The van der Waals surface area contributed by atoms with E-state index in [0.717, 1.165) is 24.7 Å². The maximum atomic E-state index is 6.11. The van der Waals surface area contributed by atoms with Gasteiger partial charge >= 0.3 is 0 Å². The molecule has 1 aliphatic heterocycles. The highest BCUT2D eigenvalue weighted by Crippen LogP contribution is 2.33. The van der Waals surface area contributed by atoms with Crippen LogP contribution < -0.4 is 0 Å². The number of fused-ring (bicyclic) bond motifs is 1. The molecule has 0 radical (unpaired) electrons. The molecular weight excluding hydrogens is 316 g/mol. The van der Waals surface area contributed by atoms with Crippen molar-refractivity contribution < 1.29 is 0 Å². The minimum atomic E-state index is 0.264. The van der Waals surface area contributed by atoms with E-state index in [2.05, 4.69) is 70.3 Å². The van der Waals surface area contributed by atoms with Crippen LogP contribution in [0.5, 0.6) is 0 Å². The summed E-state index contributed by atoms with van der Waals surface area (Å²) in [4.78, 5) is 2.58. The third-order valence-electron chi connectivity index (χ3n) is 4.77. The van der Waals surface area contributed by atoms with Gasteiger partial charge < -0.3 is 4.57 Å². The maximum absolute atomic E-state index is 6.11. The average molecular weight is 337 g/mol. The minimum absolute atomic E-state index is 0.264. The molecule has 3 heteroatoms. The molecule has 1 aromatic heterocycles. The summed E-state index contributed by atoms with van der Waals surface area (Å²) in [7, 11) is 0. The molecule has 1 atom stereocenters. The van der Waals surface area contributed by atoms with Crippen LogP contribution in [-0.4, -0.2) is 16.0 Å². The van der Waals surface area contributed by atoms with Crippen molar-refractivity contribution in [1.82, 2.24) is 9.47 Å². The van der Waals surface area contributed by atoms with Gasteiger partial charge in [0.2, 0.25) is 0 Å². The van der Waals surface area contributed by atoms with Crippen LogP contribution in [0.4, 0.5) is 0 Å². The van der Waals surface area contributed by atoms with Crippen LogP contribution in [0.3, 0.4) is 0 Å². The zero-order chi connectivity index (χ0) is 16.4. The monoisotopic (exact) mass is 336 g/mol. The molecule has 0 saturated heterocycles. The molecule has 0 unspecified atom stereocenters. The highest BCUT2D eigenvalue weighted by Gasteiger charge is 2.27. The highest BCUT2D eigenvalue weighted by molar-refractivity contribution is 6.30. The molecule has 2 aromatic carbocycles. The van der Waals surface area contributed by atoms with Crippen molar-refractivity contribution in [3.63, 3.8) is 0 Å². The van der Waals surface area contributed by atoms with E-state index < -0.39 is 0 Å². The lowest BCUT2D eigenvalue weighted by molar-refractivity contribution is 0.220. The normalized spacial score (nSPS) is 18.1. The van der Waals surface area contributed by atoms with E-state index in [0.29, 0.717) is 0 Å². The molecular formula is C21H21ClN2. The summed E-state index contributed by atoms with van der Waals surface area (Å²) in [6.07, 6.45) is 3.36. The molecule has 0 spiro atoms. The quantitative estimate of drug-likeness (QED) is 0.643. The fourth-order valence-electron chi connectivity index (χ4n) is 3.65. The Kier molecular flexibility index (Phi) is 4.42. The number of hydrogen-bond donors (Lipinski definition) is 0. The first kappa shape index (κ1) is 15.5. The predicted octanol–water partition coefficient (Wildman–Crippen LogP) is 5.14. The van der Waals surface area contributed by atoms with Gasteiger partial charge in [-0.15, -0.1) is 0 Å². The Morgan fingerprint density at radius 3 is 2.46 bits per heavy atom. The molecule has 0 N–H and O–H groups in total. The number of hydrogen-bond acceptors (Lipinski definition) is 1. The zero-order valence-corrected chi connectivity index (χ0v) is 14.4. The van der Waals surface area contributed by atoms with E-state index in [4.69, 9.17) is 11.6 Å². The molecule has 2 heterocycles. The van der Waals surface area contributed by atoms with Gasteiger partial charge in [0.1, 0.15) is 0 Å². The van der Waals surface area contributed by atoms with Crippen molar-refractivity contribution in [2.45, 2.75) is 25.6 Å². The van der Waals surface area contributed by atoms with Gasteiger partial charge in [-0.2, -0.15) is 0 Å². The molecule has 0 amide bonds. The van der Waals surface area contributed by atoms with Crippen molar-refractivity contribution >= 4 is 11.6 Å². The zero-order valence-electron chi connectivity index (χ0n) is 13.6. The second-order valence-electron chi connectivity index (χ2n) is 6.39. The topological polar surface area (TPSA) is 8.17 Å². The number of nitrogens with zero attached hydrogens (tertiary/aromatic N) is 2. The molecule has 1 aliphatic rings. The fraction of sp³-hybridized carbons (Fsp3) is 0.238. The van der Waals surface area contributed by atoms with Gasteiger partial charge in [-0.1, -0.05) is 54.1 Å². The van der Waals surface area contributed by atoms with Crippen LogP contribution in [-0.2, 0) is 13.1 Å². The van der Waals surface area contributed by atoms with E-state index in [1.807, 2.05) is 12.1 Å². The highest BCUT2D eigenvalue weighted by atomic mass is 35.5. The van der Waals surface area contributed by atoms with Crippen LogP contribution >= 0.6 is 11.6 Å². The van der Waals surface area contributed by atoms with Crippen LogP contribution in [0.25, 0.3) is 0 Å². The lowest BCUT2D eigenvalue weighted by Gasteiger charge is -2.30. The summed E-state index contributed by atoms with van der Waals surface area (Å²) in [5.41, 5.74) is 4.03. The Balaban J connectivity index is 1.74. The second-order valence-corrected chi connectivity index (χ2v) is 6.83. The third-order valence-corrected chi connectivity index (χ3v) is 5.02. The number of halogens is 1.